The van der Waals surface area contributed by atoms with E-state index in [0.29, 0.717) is 11.5 Å². The lowest BCUT2D eigenvalue weighted by molar-refractivity contribution is -0.0648. The van der Waals surface area contributed by atoms with Crippen molar-refractivity contribution in [3.63, 3.8) is 0 Å². The first-order valence-electron chi connectivity index (χ1n) is 9.76. The third-order valence-electron chi connectivity index (χ3n) is 6.56. The molecular formula is C22H30N2O2. The Kier molecular flexibility index (Phi) is 5.05. The minimum absolute atomic E-state index is 0.526. The van der Waals surface area contributed by atoms with Crippen molar-refractivity contribution in [2.24, 2.45) is 5.41 Å². The zero-order valence-corrected chi connectivity index (χ0v) is 16.0. The molecule has 4 heteroatoms. The fourth-order valence-electron chi connectivity index (χ4n) is 4.86. The molecule has 140 valence electrons. The van der Waals surface area contributed by atoms with Gasteiger partial charge >= 0.3 is 0 Å². The van der Waals surface area contributed by atoms with Gasteiger partial charge in [-0.3, -0.25) is 9.80 Å². The van der Waals surface area contributed by atoms with E-state index in [9.17, 15) is 0 Å². The Labute approximate surface area is 156 Å². The summed E-state index contributed by atoms with van der Waals surface area (Å²) in [6, 6.07) is 13.3. The van der Waals surface area contributed by atoms with E-state index in [1.54, 1.807) is 13.4 Å². The molecule has 1 saturated heterocycles. The minimum Gasteiger partial charge on any atom is -0.497 e. The van der Waals surface area contributed by atoms with Gasteiger partial charge in [0.2, 0.25) is 0 Å². The highest BCUT2D eigenvalue weighted by molar-refractivity contribution is 5.27. The van der Waals surface area contributed by atoms with Crippen LogP contribution in [0.5, 0.6) is 5.75 Å². The number of hydrogen-bond acceptors (Lipinski definition) is 4. The van der Waals surface area contributed by atoms with Gasteiger partial charge in [-0.2, -0.15) is 0 Å². The van der Waals surface area contributed by atoms with Crippen molar-refractivity contribution in [1.29, 1.82) is 0 Å². The quantitative estimate of drug-likeness (QED) is 0.779. The summed E-state index contributed by atoms with van der Waals surface area (Å²) >= 11 is 0. The van der Waals surface area contributed by atoms with Gasteiger partial charge in [0, 0.05) is 12.6 Å². The smallest absolute Gasteiger partial charge is 0.118 e. The molecule has 4 nitrogen and oxygen atoms in total. The number of methoxy groups -OCH3 is 1. The van der Waals surface area contributed by atoms with Crippen molar-refractivity contribution in [1.82, 2.24) is 9.80 Å². The second kappa shape index (κ2) is 7.45. The molecule has 1 atom stereocenters. The van der Waals surface area contributed by atoms with Gasteiger partial charge in [0.05, 0.1) is 19.9 Å². The van der Waals surface area contributed by atoms with Gasteiger partial charge in [0.25, 0.3) is 0 Å². The molecule has 1 saturated carbocycles. The van der Waals surface area contributed by atoms with Gasteiger partial charge in [0.1, 0.15) is 11.5 Å². The Morgan fingerprint density at radius 2 is 1.92 bits per heavy atom. The molecule has 4 rings (SSSR count). The van der Waals surface area contributed by atoms with Crippen LogP contribution in [0.25, 0.3) is 0 Å². The Bertz CT molecular complexity index is 687. The van der Waals surface area contributed by atoms with E-state index in [1.807, 2.05) is 6.07 Å². The van der Waals surface area contributed by atoms with Crippen LogP contribution in [0.15, 0.2) is 47.1 Å². The maximum Gasteiger partial charge on any atom is 0.118 e. The van der Waals surface area contributed by atoms with Gasteiger partial charge in [-0.25, -0.2) is 0 Å². The summed E-state index contributed by atoms with van der Waals surface area (Å²) < 4.78 is 10.8. The molecule has 2 heterocycles. The highest BCUT2D eigenvalue weighted by Crippen LogP contribution is 2.51. The van der Waals surface area contributed by atoms with Gasteiger partial charge < -0.3 is 9.15 Å². The normalized spacial score (nSPS) is 22.5. The van der Waals surface area contributed by atoms with Crippen LogP contribution in [0.3, 0.4) is 0 Å². The van der Waals surface area contributed by atoms with Crippen molar-refractivity contribution in [3.05, 3.63) is 54.0 Å². The fraction of sp³-hybridized carbons (Fsp3) is 0.545. The van der Waals surface area contributed by atoms with E-state index < -0.39 is 0 Å². The second-order valence-electron chi connectivity index (χ2n) is 8.04. The molecule has 2 aromatic rings. The summed E-state index contributed by atoms with van der Waals surface area (Å²) in [5.41, 5.74) is 1.90. The Morgan fingerprint density at radius 1 is 1.15 bits per heavy atom. The second-order valence-corrected chi connectivity index (χ2v) is 8.04. The van der Waals surface area contributed by atoms with E-state index >= 15 is 0 Å². The first-order chi connectivity index (χ1) is 12.7. The summed E-state index contributed by atoms with van der Waals surface area (Å²) in [7, 11) is 3.98. The van der Waals surface area contributed by atoms with E-state index in [2.05, 4.69) is 47.2 Å². The SMILES string of the molecule is COc1ccc(CN2CCC3(CCC3N(C)Cc3ccco3)CC2)cc1. The molecule has 0 radical (unpaired) electrons. The summed E-state index contributed by atoms with van der Waals surface area (Å²) in [6.45, 7) is 4.39. The molecule has 0 bridgehead atoms. The van der Waals surface area contributed by atoms with E-state index in [1.165, 1.54) is 44.3 Å². The van der Waals surface area contributed by atoms with Gasteiger partial charge in [-0.1, -0.05) is 12.1 Å². The summed E-state index contributed by atoms with van der Waals surface area (Å²) in [4.78, 5) is 5.12. The van der Waals surface area contributed by atoms with Crippen LogP contribution in [0.4, 0.5) is 0 Å². The molecular weight excluding hydrogens is 324 g/mol. The monoisotopic (exact) mass is 354 g/mol. The standard InChI is InChI=1S/C22H30N2O2/c1-23(17-20-4-3-15-26-20)21-9-10-22(21)11-13-24(14-12-22)16-18-5-7-19(25-2)8-6-18/h3-8,15,21H,9-14,16-17H2,1-2H3. The maximum atomic E-state index is 5.54. The molecule has 1 spiro atoms. The van der Waals surface area contributed by atoms with Gasteiger partial charge in [-0.05, 0) is 81.1 Å². The number of nitrogens with zero attached hydrogens (tertiary/aromatic N) is 2. The largest absolute Gasteiger partial charge is 0.497 e. The molecule has 0 N–H and O–H groups in total. The number of hydrogen-bond donors (Lipinski definition) is 0. The van der Waals surface area contributed by atoms with Crippen LogP contribution < -0.4 is 4.74 Å². The molecule has 0 amide bonds. The average molecular weight is 354 g/mol. The van der Waals surface area contributed by atoms with Crippen LogP contribution in [0, 0.1) is 5.41 Å². The van der Waals surface area contributed by atoms with Crippen LogP contribution in [0.2, 0.25) is 0 Å². The molecule has 26 heavy (non-hydrogen) atoms. The van der Waals surface area contributed by atoms with Crippen molar-refractivity contribution < 1.29 is 9.15 Å². The van der Waals surface area contributed by atoms with Gasteiger partial charge in [0.15, 0.2) is 0 Å². The van der Waals surface area contributed by atoms with Crippen LogP contribution >= 0.6 is 0 Å². The maximum absolute atomic E-state index is 5.54. The predicted molar refractivity (Wildman–Crippen MR) is 103 cm³/mol. The third-order valence-corrected chi connectivity index (χ3v) is 6.56. The molecule has 1 aliphatic heterocycles. The molecule has 2 aliphatic rings. The molecule has 2 fully saturated rings. The molecule has 1 aliphatic carbocycles. The lowest BCUT2D eigenvalue weighted by Crippen LogP contribution is -2.57. The first kappa shape index (κ1) is 17.6. The summed E-state index contributed by atoms with van der Waals surface area (Å²) in [5.74, 6) is 2.01. The number of benzene rings is 1. The zero-order valence-electron chi connectivity index (χ0n) is 16.0. The number of piperidine rings is 1. The number of likely N-dealkylation sites (tertiary alicyclic amines) is 1. The van der Waals surface area contributed by atoms with E-state index in [4.69, 9.17) is 9.15 Å². The third kappa shape index (κ3) is 3.53. The van der Waals surface area contributed by atoms with Crippen LogP contribution in [-0.2, 0) is 13.1 Å². The fourth-order valence-corrected chi connectivity index (χ4v) is 4.86. The Morgan fingerprint density at radius 3 is 2.50 bits per heavy atom. The van der Waals surface area contributed by atoms with Crippen molar-refractivity contribution in [3.8, 4) is 5.75 Å². The predicted octanol–water partition coefficient (Wildman–Crippen LogP) is 4.16. The molecule has 1 unspecified atom stereocenters. The van der Waals surface area contributed by atoms with Crippen molar-refractivity contribution >= 4 is 0 Å². The van der Waals surface area contributed by atoms with Crippen LogP contribution in [0.1, 0.15) is 37.0 Å². The summed E-state index contributed by atoms with van der Waals surface area (Å²) in [5, 5.41) is 0. The molecule has 1 aromatic heterocycles. The highest BCUT2D eigenvalue weighted by Gasteiger charge is 2.49. The Balaban J connectivity index is 1.30. The lowest BCUT2D eigenvalue weighted by Gasteiger charge is -2.57. The van der Waals surface area contributed by atoms with Crippen molar-refractivity contribution in [2.45, 2.75) is 44.8 Å². The zero-order chi connectivity index (χ0) is 18.0. The molecule has 1 aromatic carbocycles. The number of furan rings is 1. The average Bonchev–Trinajstić information content (AvgIpc) is 3.15. The lowest BCUT2D eigenvalue weighted by atomic mass is 9.58. The minimum atomic E-state index is 0.526. The van der Waals surface area contributed by atoms with Gasteiger partial charge in [-0.15, -0.1) is 0 Å². The first-order valence-corrected chi connectivity index (χ1v) is 9.76. The Hall–Kier alpha value is -1.78. The highest BCUT2D eigenvalue weighted by atomic mass is 16.5. The number of rotatable bonds is 6. The number of ether oxygens (including phenoxy) is 1. The van der Waals surface area contributed by atoms with Crippen molar-refractivity contribution in [2.75, 3.05) is 27.2 Å². The summed E-state index contributed by atoms with van der Waals surface area (Å²) in [6.07, 6.45) is 7.12. The van der Waals surface area contributed by atoms with E-state index in [-0.39, 0.29) is 0 Å². The van der Waals surface area contributed by atoms with E-state index in [0.717, 1.165) is 24.6 Å². The topological polar surface area (TPSA) is 28.9 Å². The van der Waals surface area contributed by atoms with Crippen LogP contribution in [-0.4, -0.2) is 43.1 Å².